The summed E-state index contributed by atoms with van der Waals surface area (Å²) in [6, 6.07) is 9.99. The van der Waals surface area contributed by atoms with Gasteiger partial charge in [-0.2, -0.15) is 0 Å². The summed E-state index contributed by atoms with van der Waals surface area (Å²) in [5, 5.41) is 0. The fourth-order valence-electron chi connectivity index (χ4n) is 4.00. The number of hydrogen-bond acceptors (Lipinski definition) is 5. The first-order valence-corrected chi connectivity index (χ1v) is 9.21. The van der Waals surface area contributed by atoms with Crippen LogP contribution in [0.2, 0.25) is 0 Å². The molecule has 0 spiro atoms. The van der Waals surface area contributed by atoms with Crippen LogP contribution < -0.4 is 18.9 Å². The standard InChI is InChI=1S/C22H28O5/c1-7-15-13(2)27-21(14-8-10-17(23-3)19(12-14)25-5)20-16(15)9-11-18(24-4)22(20)26-6/h8-13,15,21H,7H2,1-6H3. The van der Waals surface area contributed by atoms with E-state index in [1.807, 2.05) is 24.3 Å². The molecule has 1 aliphatic heterocycles. The molecule has 3 unspecified atom stereocenters. The smallest absolute Gasteiger partial charge is 0.167 e. The lowest BCUT2D eigenvalue weighted by molar-refractivity contribution is -0.0135. The molecule has 0 bridgehead atoms. The molecule has 0 amide bonds. The maximum absolute atomic E-state index is 6.49. The van der Waals surface area contributed by atoms with E-state index in [0.717, 1.165) is 23.3 Å². The molecule has 2 aromatic rings. The molecule has 0 N–H and O–H groups in total. The van der Waals surface area contributed by atoms with Crippen molar-refractivity contribution < 1.29 is 23.7 Å². The molecule has 0 radical (unpaired) electrons. The summed E-state index contributed by atoms with van der Waals surface area (Å²) in [6.07, 6.45) is 0.795. The molecular weight excluding hydrogens is 344 g/mol. The highest BCUT2D eigenvalue weighted by Crippen LogP contribution is 2.50. The molecule has 0 saturated heterocycles. The highest BCUT2D eigenvalue weighted by Gasteiger charge is 2.37. The molecule has 5 nitrogen and oxygen atoms in total. The second-order valence-corrected chi connectivity index (χ2v) is 6.65. The largest absolute Gasteiger partial charge is 0.493 e. The Bertz CT molecular complexity index is 802. The first kappa shape index (κ1) is 19.4. The Hall–Kier alpha value is -2.40. The van der Waals surface area contributed by atoms with Gasteiger partial charge in [0.1, 0.15) is 6.10 Å². The molecule has 5 heteroatoms. The van der Waals surface area contributed by atoms with Crippen LogP contribution in [-0.2, 0) is 4.74 Å². The zero-order valence-electron chi connectivity index (χ0n) is 16.9. The zero-order chi connectivity index (χ0) is 19.6. The van der Waals surface area contributed by atoms with E-state index in [1.54, 1.807) is 28.4 Å². The van der Waals surface area contributed by atoms with Crippen LogP contribution in [0.5, 0.6) is 23.0 Å². The van der Waals surface area contributed by atoms with Gasteiger partial charge in [0.2, 0.25) is 0 Å². The number of ether oxygens (including phenoxy) is 5. The van der Waals surface area contributed by atoms with E-state index in [1.165, 1.54) is 5.56 Å². The van der Waals surface area contributed by atoms with E-state index in [9.17, 15) is 0 Å². The minimum absolute atomic E-state index is 0.0821. The second kappa shape index (κ2) is 8.09. The molecule has 27 heavy (non-hydrogen) atoms. The molecule has 0 aromatic heterocycles. The number of methoxy groups -OCH3 is 4. The number of rotatable bonds is 6. The van der Waals surface area contributed by atoms with Crippen molar-refractivity contribution in [2.75, 3.05) is 28.4 Å². The summed E-state index contributed by atoms with van der Waals surface area (Å²) in [6.45, 7) is 4.31. The molecule has 2 aromatic carbocycles. The summed E-state index contributed by atoms with van der Waals surface area (Å²) < 4.78 is 28.6. The first-order valence-electron chi connectivity index (χ1n) is 9.21. The van der Waals surface area contributed by atoms with Crippen LogP contribution in [-0.4, -0.2) is 34.5 Å². The van der Waals surface area contributed by atoms with Gasteiger partial charge in [0.15, 0.2) is 23.0 Å². The van der Waals surface area contributed by atoms with Crippen LogP contribution >= 0.6 is 0 Å². The molecule has 1 aliphatic rings. The lowest BCUT2D eigenvalue weighted by Crippen LogP contribution is -2.29. The molecule has 0 aliphatic carbocycles. The third kappa shape index (κ3) is 3.32. The third-order valence-corrected chi connectivity index (χ3v) is 5.35. The monoisotopic (exact) mass is 372 g/mol. The molecular formula is C22H28O5. The summed E-state index contributed by atoms with van der Waals surface area (Å²) in [7, 11) is 6.59. The van der Waals surface area contributed by atoms with Crippen LogP contribution in [0.1, 0.15) is 49.0 Å². The van der Waals surface area contributed by atoms with Gasteiger partial charge in [0.05, 0.1) is 34.5 Å². The van der Waals surface area contributed by atoms with Crippen molar-refractivity contribution in [2.45, 2.75) is 38.4 Å². The summed E-state index contributed by atoms with van der Waals surface area (Å²) in [5.41, 5.74) is 3.25. The van der Waals surface area contributed by atoms with E-state index in [2.05, 4.69) is 19.9 Å². The van der Waals surface area contributed by atoms with Gasteiger partial charge in [0, 0.05) is 11.5 Å². The van der Waals surface area contributed by atoms with Crippen LogP contribution in [0, 0.1) is 0 Å². The zero-order valence-corrected chi connectivity index (χ0v) is 16.9. The predicted octanol–water partition coefficient (Wildman–Crippen LogP) is 4.72. The Morgan fingerprint density at radius 1 is 0.852 bits per heavy atom. The van der Waals surface area contributed by atoms with E-state index < -0.39 is 0 Å². The highest BCUT2D eigenvalue weighted by molar-refractivity contribution is 5.57. The SMILES string of the molecule is CCC1c2ccc(OC)c(OC)c2C(c2ccc(OC)c(OC)c2)OC1C. The maximum atomic E-state index is 6.49. The van der Waals surface area contributed by atoms with Crippen molar-refractivity contribution in [3.05, 3.63) is 47.0 Å². The van der Waals surface area contributed by atoms with E-state index >= 15 is 0 Å². The summed E-state index contributed by atoms with van der Waals surface area (Å²) in [4.78, 5) is 0. The predicted molar refractivity (Wildman–Crippen MR) is 105 cm³/mol. The van der Waals surface area contributed by atoms with Gasteiger partial charge in [-0.05, 0) is 42.7 Å². The Balaban J connectivity index is 2.21. The third-order valence-electron chi connectivity index (χ3n) is 5.35. The molecule has 1 heterocycles. The minimum Gasteiger partial charge on any atom is -0.493 e. The van der Waals surface area contributed by atoms with Gasteiger partial charge in [-0.25, -0.2) is 0 Å². The van der Waals surface area contributed by atoms with Crippen molar-refractivity contribution in [3.8, 4) is 23.0 Å². The fraction of sp³-hybridized carbons (Fsp3) is 0.455. The van der Waals surface area contributed by atoms with Crippen molar-refractivity contribution in [1.29, 1.82) is 0 Å². The van der Waals surface area contributed by atoms with E-state index in [0.29, 0.717) is 23.2 Å². The van der Waals surface area contributed by atoms with Crippen LogP contribution in [0.15, 0.2) is 30.3 Å². The van der Waals surface area contributed by atoms with Gasteiger partial charge >= 0.3 is 0 Å². The molecule has 0 saturated carbocycles. The average molecular weight is 372 g/mol. The van der Waals surface area contributed by atoms with Crippen molar-refractivity contribution >= 4 is 0 Å². The Morgan fingerprint density at radius 2 is 1.52 bits per heavy atom. The number of fused-ring (bicyclic) bond motifs is 1. The first-order chi connectivity index (χ1) is 13.1. The van der Waals surface area contributed by atoms with Crippen molar-refractivity contribution in [2.24, 2.45) is 0 Å². The van der Waals surface area contributed by atoms with Crippen LogP contribution in [0.3, 0.4) is 0 Å². The van der Waals surface area contributed by atoms with Crippen LogP contribution in [0.25, 0.3) is 0 Å². The van der Waals surface area contributed by atoms with Gasteiger partial charge in [-0.15, -0.1) is 0 Å². The number of hydrogen-bond donors (Lipinski definition) is 0. The Morgan fingerprint density at radius 3 is 2.11 bits per heavy atom. The number of benzene rings is 2. The summed E-state index contributed by atoms with van der Waals surface area (Å²) >= 11 is 0. The van der Waals surface area contributed by atoms with Gasteiger partial charge < -0.3 is 23.7 Å². The maximum Gasteiger partial charge on any atom is 0.167 e. The van der Waals surface area contributed by atoms with Gasteiger partial charge in [-0.3, -0.25) is 0 Å². The molecule has 0 fully saturated rings. The van der Waals surface area contributed by atoms with E-state index in [4.69, 9.17) is 23.7 Å². The van der Waals surface area contributed by atoms with E-state index in [-0.39, 0.29) is 12.2 Å². The Kier molecular flexibility index (Phi) is 5.80. The van der Waals surface area contributed by atoms with Crippen LogP contribution in [0.4, 0.5) is 0 Å². The topological polar surface area (TPSA) is 46.2 Å². The lowest BCUT2D eigenvalue weighted by Gasteiger charge is -2.38. The minimum atomic E-state index is -0.275. The molecule has 3 rings (SSSR count). The van der Waals surface area contributed by atoms with Gasteiger partial charge in [0.25, 0.3) is 0 Å². The normalized spacial score (nSPS) is 21.3. The van der Waals surface area contributed by atoms with Crippen molar-refractivity contribution in [3.63, 3.8) is 0 Å². The fourth-order valence-corrected chi connectivity index (χ4v) is 4.00. The lowest BCUT2D eigenvalue weighted by atomic mass is 9.81. The van der Waals surface area contributed by atoms with Gasteiger partial charge in [-0.1, -0.05) is 19.1 Å². The summed E-state index contributed by atoms with van der Waals surface area (Å²) in [5.74, 6) is 3.09. The van der Waals surface area contributed by atoms with Crippen molar-refractivity contribution in [1.82, 2.24) is 0 Å². The Labute approximate surface area is 161 Å². The molecule has 146 valence electrons. The average Bonchev–Trinajstić information content (AvgIpc) is 2.71. The molecule has 3 atom stereocenters. The highest BCUT2D eigenvalue weighted by atomic mass is 16.5. The quantitative estimate of drug-likeness (QED) is 0.734. The second-order valence-electron chi connectivity index (χ2n) is 6.65.